The smallest absolute Gasteiger partial charge is 0.226 e. The van der Waals surface area contributed by atoms with E-state index in [0.29, 0.717) is 25.2 Å². The number of halogens is 1. The summed E-state index contributed by atoms with van der Waals surface area (Å²) in [5.41, 5.74) is -1.21. The lowest BCUT2D eigenvalue weighted by Gasteiger charge is -2.48. The van der Waals surface area contributed by atoms with Crippen molar-refractivity contribution in [2.75, 3.05) is 0 Å². The Morgan fingerprint density at radius 2 is 1.53 bits per heavy atom. The van der Waals surface area contributed by atoms with Crippen LogP contribution in [0.15, 0.2) is 0 Å². The Bertz CT molecular complexity index is 289. The highest BCUT2D eigenvalue weighted by Crippen LogP contribution is 2.54. The van der Waals surface area contributed by atoms with Crippen LogP contribution in [0.25, 0.3) is 0 Å². The summed E-state index contributed by atoms with van der Waals surface area (Å²) in [5.74, 6) is 0.614. The van der Waals surface area contributed by atoms with E-state index in [1.54, 1.807) is 0 Å². The van der Waals surface area contributed by atoms with Gasteiger partial charge in [0.15, 0.2) is 0 Å². The zero-order chi connectivity index (χ0) is 12.7. The fourth-order valence-corrected chi connectivity index (χ4v) is 3.01. The predicted octanol–water partition coefficient (Wildman–Crippen LogP) is 3.21. The van der Waals surface area contributed by atoms with Crippen LogP contribution in [0.2, 0.25) is 0 Å². The van der Waals surface area contributed by atoms with E-state index >= 15 is 0 Å². The number of carbonyl (C=O) groups is 1. The number of alkyl halides is 1. The highest BCUT2D eigenvalue weighted by Gasteiger charge is 2.52. The minimum atomic E-state index is -0.953. The number of fused-ring (bicyclic) bond motifs is 3. The molecule has 0 aliphatic heterocycles. The summed E-state index contributed by atoms with van der Waals surface area (Å²) in [6.07, 6.45) is 3.95. The van der Waals surface area contributed by atoms with Gasteiger partial charge in [0.05, 0.1) is 0 Å². The molecule has 1 N–H and O–H groups in total. The number of rotatable bonds is 3. The van der Waals surface area contributed by atoms with Crippen LogP contribution >= 0.6 is 0 Å². The van der Waals surface area contributed by atoms with Crippen molar-refractivity contribution in [3.8, 4) is 0 Å². The molecule has 3 fully saturated rings. The summed E-state index contributed by atoms with van der Waals surface area (Å²) in [5, 5.41) is 3.12. The maximum atomic E-state index is 14.0. The van der Waals surface area contributed by atoms with Crippen LogP contribution < -0.4 is 5.32 Å². The molecule has 1 atom stereocenters. The molecule has 0 aromatic carbocycles. The van der Waals surface area contributed by atoms with Crippen molar-refractivity contribution in [3.63, 3.8) is 0 Å². The van der Waals surface area contributed by atoms with Gasteiger partial charge >= 0.3 is 0 Å². The monoisotopic (exact) mass is 241 g/mol. The predicted molar refractivity (Wildman–Crippen MR) is 66.4 cm³/mol. The topological polar surface area (TPSA) is 29.1 Å². The Morgan fingerprint density at radius 1 is 1.06 bits per heavy atom. The molecule has 0 heterocycles. The number of hydrogen-bond donors (Lipinski definition) is 1. The van der Waals surface area contributed by atoms with E-state index < -0.39 is 5.67 Å². The molecule has 0 aromatic heterocycles. The number of amides is 1. The van der Waals surface area contributed by atoms with Crippen LogP contribution in [0.3, 0.4) is 0 Å². The fourth-order valence-electron chi connectivity index (χ4n) is 3.01. The average molecular weight is 241 g/mol. The summed E-state index contributed by atoms with van der Waals surface area (Å²) >= 11 is 0. The molecule has 0 unspecified atom stereocenters. The number of carbonyl (C=O) groups excluding carboxylic acids is 1. The van der Waals surface area contributed by atoms with Crippen LogP contribution in [0.1, 0.15) is 59.3 Å². The molecule has 0 spiro atoms. The second-order valence-corrected chi connectivity index (χ2v) is 6.44. The van der Waals surface area contributed by atoms with E-state index in [1.165, 1.54) is 0 Å². The fraction of sp³-hybridized carbons (Fsp3) is 0.929. The van der Waals surface area contributed by atoms with Gasteiger partial charge in [-0.2, -0.15) is 0 Å². The van der Waals surface area contributed by atoms with Crippen LogP contribution in [0.4, 0.5) is 4.39 Å². The first kappa shape index (κ1) is 12.8. The molecule has 0 saturated heterocycles. The zero-order valence-electron chi connectivity index (χ0n) is 11.2. The van der Waals surface area contributed by atoms with Crippen molar-refractivity contribution in [2.45, 2.75) is 71.0 Å². The molecule has 3 saturated carbocycles. The summed E-state index contributed by atoms with van der Waals surface area (Å²) in [7, 11) is 0. The first-order valence-electron chi connectivity index (χ1n) is 6.87. The summed E-state index contributed by atoms with van der Waals surface area (Å²) < 4.78 is 14.0. The van der Waals surface area contributed by atoms with Gasteiger partial charge in [-0.25, -0.2) is 4.39 Å². The maximum Gasteiger partial charge on any atom is 0.226 e. The molecule has 0 aromatic rings. The molecule has 2 nitrogen and oxygen atoms in total. The van der Waals surface area contributed by atoms with Gasteiger partial charge in [0.1, 0.15) is 5.67 Å². The second kappa shape index (κ2) is 4.25. The van der Waals surface area contributed by atoms with E-state index in [-0.39, 0.29) is 17.4 Å². The Morgan fingerprint density at radius 3 is 1.94 bits per heavy atom. The van der Waals surface area contributed by atoms with Crippen molar-refractivity contribution in [1.82, 2.24) is 5.32 Å². The molecule has 3 aliphatic carbocycles. The molecular weight excluding hydrogens is 217 g/mol. The molecule has 3 heteroatoms. The van der Waals surface area contributed by atoms with E-state index in [4.69, 9.17) is 0 Å². The van der Waals surface area contributed by atoms with Crippen LogP contribution in [-0.4, -0.2) is 17.6 Å². The van der Waals surface area contributed by atoms with Gasteiger partial charge in [-0.05, 0) is 51.4 Å². The van der Waals surface area contributed by atoms with E-state index in [9.17, 15) is 9.18 Å². The average Bonchev–Trinajstić information content (AvgIpc) is 2.30. The Balaban J connectivity index is 2.00. The quantitative estimate of drug-likeness (QED) is 0.807. The zero-order valence-corrected chi connectivity index (χ0v) is 11.2. The van der Waals surface area contributed by atoms with Gasteiger partial charge in [-0.15, -0.1) is 0 Å². The largest absolute Gasteiger partial charge is 0.353 e. The van der Waals surface area contributed by atoms with Gasteiger partial charge in [-0.1, -0.05) is 13.8 Å². The lowest BCUT2D eigenvalue weighted by atomic mass is 9.59. The van der Waals surface area contributed by atoms with Gasteiger partial charge < -0.3 is 5.32 Å². The minimum Gasteiger partial charge on any atom is -0.353 e. The Kier molecular flexibility index (Phi) is 3.21. The third kappa shape index (κ3) is 2.34. The van der Waals surface area contributed by atoms with Crippen molar-refractivity contribution in [2.24, 2.45) is 11.3 Å². The van der Waals surface area contributed by atoms with Crippen LogP contribution in [0.5, 0.6) is 0 Å². The SMILES string of the molecule is CC(C)[C@@H](C)NC(=O)C12CCC(F)(CC1)CC2. The Hall–Kier alpha value is -0.600. The summed E-state index contributed by atoms with van der Waals surface area (Å²) in [6.45, 7) is 6.26. The van der Waals surface area contributed by atoms with E-state index in [1.807, 2.05) is 6.92 Å². The molecule has 2 bridgehead atoms. The molecule has 17 heavy (non-hydrogen) atoms. The summed E-state index contributed by atoms with van der Waals surface area (Å²) in [6, 6.07) is 0.205. The van der Waals surface area contributed by atoms with E-state index in [0.717, 1.165) is 19.3 Å². The van der Waals surface area contributed by atoms with Crippen LogP contribution in [-0.2, 0) is 4.79 Å². The van der Waals surface area contributed by atoms with Gasteiger partial charge in [-0.3, -0.25) is 4.79 Å². The normalized spacial score (nSPS) is 38.2. The van der Waals surface area contributed by atoms with Crippen molar-refractivity contribution < 1.29 is 9.18 Å². The van der Waals surface area contributed by atoms with Crippen molar-refractivity contribution in [1.29, 1.82) is 0 Å². The van der Waals surface area contributed by atoms with Crippen molar-refractivity contribution >= 4 is 5.91 Å². The molecule has 3 aliphatic rings. The van der Waals surface area contributed by atoms with Gasteiger partial charge in [0, 0.05) is 11.5 Å². The maximum absolute atomic E-state index is 14.0. The highest BCUT2D eigenvalue weighted by molar-refractivity contribution is 5.83. The molecule has 3 rings (SSSR count). The first-order valence-corrected chi connectivity index (χ1v) is 6.87. The lowest BCUT2D eigenvalue weighted by molar-refractivity contribution is -0.142. The lowest BCUT2D eigenvalue weighted by Crippen LogP contribution is -2.53. The highest BCUT2D eigenvalue weighted by atomic mass is 19.1. The third-order valence-corrected chi connectivity index (χ3v) is 5.00. The molecule has 98 valence electrons. The molecule has 0 radical (unpaired) electrons. The van der Waals surface area contributed by atoms with Crippen LogP contribution in [0, 0.1) is 11.3 Å². The Labute approximate surface area is 103 Å². The van der Waals surface area contributed by atoms with Crippen molar-refractivity contribution in [3.05, 3.63) is 0 Å². The minimum absolute atomic E-state index is 0.167. The third-order valence-electron chi connectivity index (χ3n) is 5.00. The second-order valence-electron chi connectivity index (χ2n) is 6.44. The molecular formula is C14H24FNO. The van der Waals surface area contributed by atoms with Gasteiger partial charge in [0.25, 0.3) is 0 Å². The van der Waals surface area contributed by atoms with E-state index in [2.05, 4.69) is 19.2 Å². The molecule has 1 amide bonds. The summed E-state index contributed by atoms with van der Waals surface area (Å²) in [4.78, 5) is 12.4. The first-order chi connectivity index (χ1) is 7.87. The standard InChI is InChI=1S/C14H24FNO/c1-10(2)11(3)16-12(17)13-4-7-14(15,8-5-13)9-6-13/h10-11H,4-9H2,1-3H3,(H,16,17)/t11-,13?,14?/m1/s1. The van der Waals surface area contributed by atoms with Gasteiger partial charge in [0.2, 0.25) is 5.91 Å². The number of nitrogens with one attached hydrogen (secondary N) is 1. The number of hydrogen-bond acceptors (Lipinski definition) is 1.